The Bertz CT molecular complexity index is 574. The number of benzene rings is 1. The van der Waals surface area contributed by atoms with Gasteiger partial charge in [-0.15, -0.1) is 0 Å². The fourth-order valence-electron chi connectivity index (χ4n) is 2.72. The fraction of sp³-hybridized carbons (Fsp3) is 0.500. The summed E-state index contributed by atoms with van der Waals surface area (Å²) in [5.74, 6) is -2.83. The number of nitrogens with one attached hydrogen (secondary N) is 2. The average molecular weight is 326 g/mol. The van der Waals surface area contributed by atoms with Gasteiger partial charge in [0.25, 0.3) is 5.91 Å². The third-order valence-corrected chi connectivity index (χ3v) is 4.04. The zero-order valence-corrected chi connectivity index (χ0v) is 12.6. The van der Waals surface area contributed by atoms with Gasteiger partial charge >= 0.3 is 0 Å². The summed E-state index contributed by atoms with van der Waals surface area (Å²) in [5.41, 5.74) is -0.329. The first kappa shape index (κ1) is 17.3. The molecule has 0 aliphatic heterocycles. The predicted octanol–water partition coefficient (Wildman–Crippen LogP) is 1.36. The molecule has 5 nitrogen and oxygen atoms in total. The van der Waals surface area contributed by atoms with E-state index in [4.69, 9.17) is 0 Å². The molecule has 0 saturated heterocycles. The van der Waals surface area contributed by atoms with Crippen molar-refractivity contribution in [2.24, 2.45) is 5.92 Å². The molecule has 3 N–H and O–H groups in total. The van der Waals surface area contributed by atoms with Crippen LogP contribution in [0.3, 0.4) is 0 Å². The smallest absolute Gasteiger partial charge is 0.254 e. The highest BCUT2D eigenvalue weighted by Gasteiger charge is 2.23. The Morgan fingerprint density at radius 2 is 1.91 bits per heavy atom. The van der Waals surface area contributed by atoms with Gasteiger partial charge in [-0.05, 0) is 30.9 Å². The second kappa shape index (κ2) is 8.01. The number of amides is 2. The van der Waals surface area contributed by atoms with Gasteiger partial charge in [0.2, 0.25) is 5.91 Å². The summed E-state index contributed by atoms with van der Waals surface area (Å²) >= 11 is 0. The molecular weight excluding hydrogens is 306 g/mol. The van der Waals surface area contributed by atoms with Crippen molar-refractivity contribution in [1.82, 2.24) is 10.6 Å². The number of carbonyl (C=O) groups is 2. The van der Waals surface area contributed by atoms with E-state index >= 15 is 0 Å². The zero-order chi connectivity index (χ0) is 16.8. The normalized spacial score (nSPS) is 16.1. The van der Waals surface area contributed by atoms with Gasteiger partial charge in [0, 0.05) is 12.6 Å². The van der Waals surface area contributed by atoms with Crippen LogP contribution in [0.15, 0.2) is 18.2 Å². The first-order valence-electron chi connectivity index (χ1n) is 7.65. The highest BCUT2D eigenvalue weighted by Crippen LogP contribution is 2.27. The highest BCUT2D eigenvalue weighted by atomic mass is 19.1. The van der Waals surface area contributed by atoms with Gasteiger partial charge < -0.3 is 15.7 Å². The van der Waals surface area contributed by atoms with E-state index in [2.05, 4.69) is 10.6 Å². The quantitative estimate of drug-likeness (QED) is 0.739. The number of hydrogen-bond acceptors (Lipinski definition) is 3. The van der Waals surface area contributed by atoms with E-state index in [1.54, 1.807) is 0 Å². The molecule has 0 radical (unpaired) electrons. The number of halogens is 2. The van der Waals surface area contributed by atoms with Crippen molar-refractivity contribution >= 4 is 11.8 Å². The molecule has 0 bridgehead atoms. The van der Waals surface area contributed by atoms with Crippen molar-refractivity contribution in [2.45, 2.75) is 31.8 Å². The van der Waals surface area contributed by atoms with Crippen LogP contribution in [0.25, 0.3) is 0 Å². The van der Waals surface area contributed by atoms with E-state index in [9.17, 15) is 23.5 Å². The lowest BCUT2D eigenvalue weighted by molar-refractivity contribution is -0.120. The zero-order valence-electron chi connectivity index (χ0n) is 12.6. The third kappa shape index (κ3) is 4.99. The lowest BCUT2D eigenvalue weighted by Crippen LogP contribution is -2.41. The molecule has 1 aromatic rings. The molecule has 1 aliphatic rings. The summed E-state index contributed by atoms with van der Waals surface area (Å²) in [6.45, 7) is -0.211. The van der Waals surface area contributed by atoms with Crippen LogP contribution in [-0.4, -0.2) is 36.1 Å². The average Bonchev–Trinajstić information content (AvgIpc) is 3.04. The van der Waals surface area contributed by atoms with E-state index in [0.29, 0.717) is 6.07 Å². The minimum absolute atomic E-state index is 0.129. The van der Waals surface area contributed by atoms with Crippen LogP contribution in [0.2, 0.25) is 0 Å². The molecule has 1 saturated carbocycles. The molecule has 23 heavy (non-hydrogen) atoms. The molecule has 0 heterocycles. The topological polar surface area (TPSA) is 78.4 Å². The number of aliphatic hydroxyl groups is 1. The van der Waals surface area contributed by atoms with Crippen LogP contribution in [0.5, 0.6) is 0 Å². The molecule has 1 unspecified atom stereocenters. The summed E-state index contributed by atoms with van der Waals surface area (Å²) in [7, 11) is 0. The largest absolute Gasteiger partial charge is 0.391 e. The Kier molecular flexibility index (Phi) is 6.04. The molecule has 1 aliphatic carbocycles. The second-order valence-electron chi connectivity index (χ2n) is 5.72. The summed E-state index contributed by atoms with van der Waals surface area (Å²) in [5, 5.41) is 14.7. The van der Waals surface area contributed by atoms with Gasteiger partial charge in [0.15, 0.2) is 0 Å². The monoisotopic (exact) mass is 326 g/mol. The standard InChI is InChI=1S/C16H20F2N2O3/c17-11-5-6-12(13(18)7-11)16(23)20-9-15(22)19-8-14(21)10-3-1-2-4-10/h5-7,10,14,21H,1-4,8-9H2,(H,19,22)(H,20,23). The first-order valence-corrected chi connectivity index (χ1v) is 7.65. The number of hydrogen-bond donors (Lipinski definition) is 3. The minimum atomic E-state index is -0.987. The van der Waals surface area contributed by atoms with Gasteiger partial charge in [-0.2, -0.15) is 0 Å². The summed E-state index contributed by atoms with van der Waals surface area (Å²) in [4.78, 5) is 23.4. The lowest BCUT2D eigenvalue weighted by atomic mass is 10.0. The molecule has 126 valence electrons. The highest BCUT2D eigenvalue weighted by molar-refractivity contribution is 5.96. The van der Waals surface area contributed by atoms with Crippen LogP contribution in [0.4, 0.5) is 8.78 Å². The summed E-state index contributed by atoms with van der Waals surface area (Å²) in [6.07, 6.45) is 3.51. The SMILES string of the molecule is O=C(CNC(=O)c1ccc(F)cc1F)NCC(O)C1CCCC1. The molecule has 0 aromatic heterocycles. The van der Waals surface area contributed by atoms with E-state index in [1.807, 2.05) is 0 Å². The van der Waals surface area contributed by atoms with Crippen molar-refractivity contribution in [3.63, 3.8) is 0 Å². The number of rotatable bonds is 6. The molecule has 7 heteroatoms. The molecule has 1 atom stereocenters. The predicted molar refractivity (Wildman–Crippen MR) is 79.7 cm³/mol. The van der Waals surface area contributed by atoms with Crippen LogP contribution in [0, 0.1) is 17.6 Å². The van der Waals surface area contributed by atoms with Gasteiger partial charge in [0.1, 0.15) is 11.6 Å². The summed E-state index contributed by atoms with van der Waals surface area (Å²) < 4.78 is 26.2. The van der Waals surface area contributed by atoms with Crippen LogP contribution >= 0.6 is 0 Å². The Morgan fingerprint density at radius 1 is 1.22 bits per heavy atom. The van der Waals surface area contributed by atoms with Gasteiger partial charge in [-0.3, -0.25) is 9.59 Å². The van der Waals surface area contributed by atoms with Gasteiger partial charge in [-0.1, -0.05) is 12.8 Å². The maximum Gasteiger partial charge on any atom is 0.254 e. The third-order valence-electron chi connectivity index (χ3n) is 4.04. The first-order chi connectivity index (χ1) is 11.0. The molecule has 2 rings (SSSR count). The molecule has 0 spiro atoms. The number of carbonyl (C=O) groups excluding carboxylic acids is 2. The van der Waals surface area contributed by atoms with E-state index in [0.717, 1.165) is 37.8 Å². The second-order valence-corrected chi connectivity index (χ2v) is 5.72. The Labute approximate surface area is 133 Å². The molecule has 2 amide bonds. The lowest BCUT2D eigenvalue weighted by Gasteiger charge is -2.18. The Hall–Kier alpha value is -2.02. The number of aliphatic hydroxyl groups excluding tert-OH is 1. The van der Waals surface area contributed by atoms with Crippen molar-refractivity contribution in [2.75, 3.05) is 13.1 Å². The molecule has 1 fully saturated rings. The Morgan fingerprint density at radius 3 is 2.57 bits per heavy atom. The van der Waals surface area contributed by atoms with Crippen molar-refractivity contribution < 1.29 is 23.5 Å². The van der Waals surface area contributed by atoms with Gasteiger partial charge in [0.05, 0.1) is 18.2 Å². The fourth-order valence-corrected chi connectivity index (χ4v) is 2.72. The van der Waals surface area contributed by atoms with E-state index in [-0.39, 0.29) is 24.6 Å². The van der Waals surface area contributed by atoms with Crippen molar-refractivity contribution in [3.05, 3.63) is 35.4 Å². The van der Waals surface area contributed by atoms with E-state index < -0.39 is 29.6 Å². The molecule has 1 aromatic carbocycles. The van der Waals surface area contributed by atoms with Crippen LogP contribution < -0.4 is 10.6 Å². The maximum absolute atomic E-state index is 13.4. The van der Waals surface area contributed by atoms with Crippen molar-refractivity contribution in [1.29, 1.82) is 0 Å². The molecular formula is C16H20F2N2O3. The van der Waals surface area contributed by atoms with Crippen LogP contribution in [-0.2, 0) is 4.79 Å². The maximum atomic E-state index is 13.4. The van der Waals surface area contributed by atoms with Gasteiger partial charge in [-0.25, -0.2) is 8.78 Å². The Balaban J connectivity index is 1.74. The van der Waals surface area contributed by atoms with E-state index in [1.165, 1.54) is 0 Å². The van der Waals surface area contributed by atoms with Crippen molar-refractivity contribution in [3.8, 4) is 0 Å². The minimum Gasteiger partial charge on any atom is -0.391 e. The van der Waals surface area contributed by atoms with Crippen LogP contribution in [0.1, 0.15) is 36.0 Å². The summed E-state index contributed by atoms with van der Waals surface area (Å²) in [6, 6.07) is 2.59.